The Morgan fingerprint density at radius 2 is 2.25 bits per heavy atom. The van der Waals surface area contributed by atoms with Gasteiger partial charge in [0.15, 0.2) is 5.82 Å². The maximum atomic E-state index is 13.1. The number of carbonyl (C=O) groups excluding carboxylic acids is 1. The molecule has 0 spiro atoms. The monoisotopic (exact) mass is 244 g/mol. The van der Waals surface area contributed by atoms with Crippen LogP contribution in [0.5, 0.6) is 0 Å². The Morgan fingerprint density at radius 3 is 2.94 bits per heavy atom. The van der Waals surface area contributed by atoms with E-state index in [-0.39, 0.29) is 5.56 Å². The van der Waals surface area contributed by atoms with Crippen LogP contribution in [0.15, 0.2) is 18.5 Å². The highest BCUT2D eigenvalue weighted by molar-refractivity contribution is 6.17. The molecule has 0 saturated carbocycles. The lowest BCUT2D eigenvalue weighted by Gasteiger charge is -2.05. The summed E-state index contributed by atoms with van der Waals surface area (Å²) in [6.07, 6.45) is 5.17. The van der Waals surface area contributed by atoms with Crippen LogP contribution in [0.1, 0.15) is 29.6 Å². The summed E-state index contributed by atoms with van der Waals surface area (Å²) in [7, 11) is 0. The van der Waals surface area contributed by atoms with E-state index in [9.17, 15) is 9.18 Å². The van der Waals surface area contributed by atoms with Gasteiger partial charge in [0, 0.05) is 18.6 Å². The standard InChI is InChI=1S/C11H14ClFN2O/c12-5-2-1-3-6-15-11(16)9-4-7-14-8-10(9)13/h4,7-8H,1-3,5-6H2,(H,15,16). The third-order valence-corrected chi connectivity index (χ3v) is 2.38. The summed E-state index contributed by atoms with van der Waals surface area (Å²) in [5, 5.41) is 2.65. The molecule has 0 aliphatic heterocycles. The van der Waals surface area contributed by atoms with Crippen molar-refractivity contribution in [3.63, 3.8) is 0 Å². The molecule has 0 aliphatic carbocycles. The molecule has 5 heteroatoms. The number of nitrogens with one attached hydrogen (secondary N) is 1. The lowest BCUT2D eigenvalue weighted by atomic mass is 10.2. The fourth-order valence-corrected chi connectivity index (χ4v) is 1.44. The van der Waals surface area contributed by atoms with Crippen LogP contribution in [-0.2, 0) is 0 Å². The van der Waals surface area contributed by atoms with Crippen molar-refractivity contribution < 1.29 is 9.18 Å². The fraction of sp³-hybridized carbons (Fsp3) is 0.455. The summed E-state index contributed by atoms with van der Waals surface area (Å²) in [5.41, 5.74) is 0.0346. The first kappa shape index (κ1) is 12.9. The topological polar surface area (TPSA) is 42.0 Å². The molecule has 1 amide bonds. The van der Waals surface area contributed by atoms with Gasteiger partial charge in [-0.3, -0.25) is 9.78 Å². The molecule has 1 rings (SSSR count). The van der Waals surface area contributed by atoms with Crippen molar-refractivity contribution in [1.82, 2.24) is 10.3 Å². The molecule has 88 valence electrons. The van der Waals surface area contributed by atoms with Crippen molar-refractivity contribution in [2.75, 3.05) is 12.4 Å². The van der Waals surface area contributed by atoms with Crippen LogP contribution in [0.25, 0.3) is 0 Å². The first-order valence-corrected chi connectivity index (χ1v) is 5.73. The van der Waals surface area contributed by atoms with E-state index >= 15 is 0 Å². The average Bonchev–Trinajstić information content (AvgIpc) is 2.29. The maximum Gasteiger partial charge on any atom is 0.254 e. The molecular weight excluding hydrogens is 231 g/mol. The molecule has 0 aromatic carbocycles. The highest BCUT2D eigenvalue weighted by atomic mass is 35.5. The van der Waals surface area contributed by atoms with Gasteiger partial charge in [0.25, 0.3) is 5.91 Å². The second-order valence-corrected chi connectivity index (χ2v) is 3.74. The molecule has 0 radical (unpaired) electrons. The summed E-state index contributed by atoms with van der Waals surface area (Å²) in [5.74, 6) is -0.362. The van der Waals surface area contributed by atoms with E-state index in [0.717, 1.165) is 25.5 Å². The van der Waals surface area contributed by atoms with Crippen molar-refractivity contribution in [2.45, 2.75) is 19.3 Å². The maximum absolute atomic E-state index is 13.1. The molecule has 0 fully saturated rings. The number of hydrogen-bond donors (Lipinski definition) is 1. The van der Waals surface area contributed by atoms with E-state index in [2.05, 4.69) is 10.3 Å². The molecule has 16 heavy (non-hydrogen) atoms. The molecule has 1 aromatic rings. The number of nitrogens with zero attached hydrogens (tertiary/aromatic N) is 1. The smallest absolute Gasteiger partial charge is 0.254 e. The number of carbonyl (C=O) groups is 1. The number of amides is 1. The van der Waals surface area contributed by atoms with Crippen LogP contribution in [0.3, 0.4) is 0 Å². The van der Waals surface area contributed by atoms with Crippen molar-refractivity contribution in [1.29, 1.82) is 0 Å². The minimum absolute atomic E-state index is 0.0346. The number of hydrogen-bond acceptors (Lipinski definition) is 2. The Morgan fingerprint density at radius 1 is 1.44 bits per heavy atom. The molecule has 1 heterocycles. The highest BCUT2D eigenvalue weighted by Crippen LogP contribution is 2.04. The Balaban J connectivity index is 2.33. The number of aromatic nitrogens is 1. The molecule has 0 bridgehead atoms. The van der Waals surface area contributed by atoms with Gasteiger partial charge in [-0.1, -0.05) is 6.42 Å². The molecule has 1 aromatic heterocycles. The van der Waals surface area contributed by atoms with Gasteiger partial charge in [0.05, 0.1) is 11.8 Å². The van der Waals surface area contributed by atoms with Crippen LogP contribution in [0.2, 0.25) is 0 Å². The first-order valence-electron chi connectivity index (χ1n) is 5.19. The number of unbranched alkanes of at least 4 members (excludes halogenated alkanes) is 2. The first-order chi connectivity index (χ1) is 7.75. The van der Waals surface area contributed by atoms with Gasteiger partial charge in [0.2, 0.25) is 0 Å². The van der Waals surface area contributed by atoms with Crippen LogP contribution in [-0.4, -0.2) is 23.3 Å². The molecule has 0 aliphatic rings. The zero-order valence-corrected chi connectivity index (χ0v) is 9.63. The molecule has 0 unspecified atom stereocenters. The Hall–Kier alpha value is -1.16. The lowest BCUT2D eigenvalue weighted by molar-refractivity contribution is 0.0949. The molecule has 3 nitrogen and oxygen atoms in total. The van der Waals surface area contributed by atoms with E-state index in [0.29, 0.717) is 12.4 Å². The summed E-state index contributed by atoms with van der Waals surface area (Å²) in [6.45, 7) is 0.539. The van der Waals surface area contributed by atoms with Crippen molar-refractivity contribution >= 4 is 17.5 Å². The number of alkyl halides is 1. The van der Waals surface area contributed by atoms with Crippen molar-refractivity contribution in [3.05, 3.63) is 29.8 Å². The molecule has 1 N–H and O–H groups in total. The largest absolute Gasteiger partial charge is 0.352 e. The van der Waals surface area contributed by atoms with E-state index in [1.807, 2.05) is 0 Å². The number of pyridine rings is 1. The molecule has 0 saturated heterocycles. The fourth-order valence-electron chi connectivity index (χ4n) is 1.25. The zero-order valence-electron chi connectivity index (χ0n) is 8.88. The second-order valence-electron chi connectivity index (χ2n) is 3.36. The summed E-state index contributed by atoms with van der Waals surface area (Å²) >= 11 is 5.52. The predicted octanol–water partition coefficient (Wildman–Crippen LogP) is 2.36. The Kier molecular flexibility index (Phi) is 5.78. The summed E-state index contributed by atoms with van der Waals surface area (Å²) < 4.78 is 13.1. The third kappa shape index (κ3) is 4.14. The summed E-state index contributed by atoms with van der Waals surface area (Å²) in [6, 6.07) is 1.36. The highest BCUT2D eigenvalue weighted by Gasteiger charge is 2.09. The van der Waals surface area contributed by atoms with Gasteiger partial charge in [0.1, 0.15) is 0 Å². The predicted molar refractivity (Wildman–Crippen MR) is 61.1 cm³/mol. The van der Waals surface area contributed by atoms with Gasteiger partial charge in [-0.25, -0.2) is 4.39 Å². The van der Waals surface area contributed by atoms with Crippen LogP contribution >= 0.6 is 11.6 Å². The quantitative estimate of drug-likeness (QED) is 0.617. The van der Waals surface area contributed by atoms with E-state index in [1.54, 1.807) is 0 Å². The van der Waals surface area contributed by atoms with E-state index in [4.69, 9.17) is 11.6 Å². The zero-order chi connectivity index (χ0) is 11.8. The van der Waals surface area contributed by atoms with Crippen LogP contribution in [0, 0.1) is 5.82 Å². The van der Waals surface area contributed by atoms with E-state index in [1.165, 1.54) is 12.3 Å². The van der Waals surface area contributed by atoms with E-state index < -0.39 is 11.7 Å². The normalized spacial score (nSPS) is 10.1. The van der Waals surface area contributed by atoms with Gasteiger partial charge in [-0.15, -0.1) is 11.6 Å². The Labute approximate surface area is 99.0 Å². The van der Waals surface area contributed by atoms with Gasteiger partial charge in [-0.05, 0) is 18.9 Å². The van der Waals surface area contributed by atoms with Gasteiger partial charge in [-0.2, -0.15) is 0 Å². The molecular formula is C11H14ClFN2O. The van der Waals surface area contributed by atoms with Crippen LogP contribution in [0.4, 0.5) is 4.39 Å². The third-order valence-electron chi connectivity index (χ3n) is 2.11. The van der Waals surface area contributed by atoms with Crippen molar-refractivity contribution in [2.24, 2.45) is 0 Å². The van der Waals surface area contributed by atoms with Gasteiger partial charge >= 0.3 is 0 Å². The minimum atomic E-state index is -0.597. The second kappa shape index (κ2) is 7.17. The van der Waals surface area contributed by atoms with Gasteiger partial charge < -0.3 is 5.32 Å². The average molecular weight is 245 g/mol. The SMILES string of the molecule is O=C(NCCCCCCl)c1ccncc1F. The Bertz CT molecular complexity index is 347. The van der Waals surface area contributed by atoms with Crippen LogP contribution < -0.4 is 5.32 Å². The lowest BCUT2D eigenvalue weighted by Crippen LogP contribution is -2.25. The summed E-state index contributed by atoms with van der Waals surface area (Å²) in [4.78, 5) is 15.1. The number of halogens is 2. The minimum Gasteiger partial charge on any atom is -0.352 e. The van der Waals surface area contributed by atoms with Crippen molar-refractivity contribution in [3.8, 4) is 0 Å². The molecule has 0 atom stereocenters. The number of rotatable bonds is 6.